The minimum atomic E-state index is 0.535. The SMILES string of the molecule is CC(CN)Cc1ccnc(N(C)C)c1. The third kappa shape index (κ3) is 3.00. The molecule has 3 nitrogen and oxygen atoms in total. The summed E-state index contributed by atoms with van der Waals surface area (Å²) in [7, 11) is 4.00. The lowest BCUT2D eigenvalue weighted by Crippen LogP contribution is -2.14. The summed E-state index contributed by atoms with van der Waals surface area (Å²) in [6, 6.07) is 4.17. The monoisotopic (exact) mass is 193 g/mol. The maximum atomic E-state index is 5.59. The van der Waals surface area contributed by atoms with Crippen molar-refractivity contribution in [3.63, 3.8) is 0 Å². The predicted molar refractivity (Wildman–Crippen MR) is 60.5 cm³/mol. The van der Waals surface area contributed by atoms with E-state index in [4.69, 9.17) is 5.73 Å². The summed E-state index contributed by atoms with van der Waals surface area (Å²) in [4.78, 5) is 6.28. The largest absolute Gasteiger partial charge is 0.363 e. The van der Waals surface area contributed by atoms with Gasteiger partial charge >= 0.3 is 0 Å². The maximum Gasteiger partial charge on any atom is 0.128 e. The molecule has 3 heteroatoms. The van der Waals surface area contributed by atoms with Crippen molar-refractivity contribution in [2.75, 3.05) is 25.5 Å². The molecule has 1 rings (SSSR count). The van der Waals surface area contributed by atoms with Crippen LogP contribution in [0, 0.1) is 5.92 Å². The number of nitrogens with two attached hydrogens (primary N) is 1. The van der Waals surface area contributed by atoms with E-state index in [2.05, 4.69) is 24.0 Å². The summed E-state index contributed by atoms with van der Waals surface area (Å²) in [5.74, 6) is 1.54. The van der Waals surface area contributed by atoms with Gasteiger partial charge in [0.05, 0.1) is 0 Å². The number of aromatic nitrogens is 1. The van der Waals surface area contributed by atoms with E-state index in [-0.39, 0.29) is 0 Å². The summed E-state index contributed by atoms with van der Waals surface area (Å²) in [5.41, 5.74) is 6.90. The highest BCUT2D eigenvalue weighted by Crippen LogP contribution is 2.12. The maximum absolute atomic E-state index is 5.59. The molecule has 0 amide bonds. The lowest BCUT2D eigenvalue weighted by molar-refractivity contribution is 0.592. The van der Waals surface area contributed by atoms with Crippen molar-refractivity contribution in [1.29, 1.82) is 0 Å². The minimum absolute atomic E-state index is 0.535. The zero-order valence-corrected chi connectivity index (χ0v) is 9.20. The highest BCUT2D eigenvalue weighted by atomic mass is 15.1. The van der Waals surface area contributed by atoms with Gasteiger partial charge < -0.3 is 10.6 Å². The Morgan fingerprint density at radius 1 is 1.50 bits per heavy atom. The normalized spacial score (nSPS) is 12.6. The van der Waals surface area contributed by atoms with Gasteiger partial charge in [-0.05, 0) is 36.6 Å². The molecule has 1 atom stereocenters. The second-order valence-electron chi connectivity index (χ2n) is 3.96. The standard InChI is InChI=1S/C11H19N3/c1-9(8-12)6-10-4-5-13-11(7-10)14(2)3/h4-5,7,9H,6,8,12H2,1-3H3. The Labute approximate surface area is 85.9 Å². The molecule has 0 aliphatic heterocycles. The second kappa shape index (κ2) is 4.96. The summed E-state index contributed by atoms with van der Waals surface area (Å²) in [6.45, 7) is 2.90. The van der Waals surface area contributed by atoms with Crippen LogP contribution in [-0.2, 0) is 6.42 Å². The van der Waals surface area contributed by atoms with Crippen molar-refractivity contribution < 1.29 is 0 Å². The molecule has 0 aliphatic rings. The van der Waals surface area contributed by atoms with Crippen molar-refractivity contribution in [3.05, 3.63) is 23.9 Å². The molecule has 1 aromatic rings. The van der Waals surface area contributed by atoms with Gasteiger partial charge in [-0.15, -0.1) is 0 Å². The van der Waals surface area contributed by atoms with Crippen LogP contribution in [0.25, 0.3) is 0 Å². The van der Waals surface area contributed by atoms with E-state index in [0.29, 0.717) is 5.92 Å². The third-order valence-corrected chi connectivity index (χ3v) is 2.25. The fourth-order valence-electron chi connectivity index (χ4n) is 1.32. The smallest absolute Gasteiger partial charge is 0.128 e. The molecule has 0 radical (unpaired) electrons. The first-order valence-electron chi connectivity index (χ1n) is 4.95. The van der Waals surface area contributed by atoms with Crippen molar-refractivity contribution in [3.8, 4) is 0 Å². The van der Waals surface area contributed by atoms with Crippen LogP contribution in [0.1, 0.15) is 12.5 Å². The Balaban J connectivity index is 2.73. The molecule has 1 unspecified atom stereocenters. The molecule has 0 spiro atoms. The first kappa shape index (κ1) is 11.0. The van der Waals surface area contributed by atoms with Gasteiger partial charge in [0.15, 0.2) is 0 Å². The average molecular weight is 193 g/mol. The fourth-order valence-corrected chi connectivity index (χ4v) is 1.32. The average Bonchev–Trinajstić information content (AvgIpc) is 2.18. The van der Waals surface area contributed by atoms with Crippen LogP contribution in [0.5, 0.6) is 0 Å². The Morgan fingerprint density at radius 2 is 2.21 bits per heavy atom. The Bertz CT molecular complexity index is 284. The van der Waals surface area contributed by atoms with Gasteiger partial charge in [-0.3, -0.25) is 0 Å². The number of hydrogen-bond donors (Lipinski definition) is 1. The van der Waals surface area contributed by atoms with E-state index in [0.717, 1.165) is 18.8 Å². The number of anilines is 1. The zero-order valence-electron chi connectivity index (χ0n) is 9.20. The number of nitrogens with zero attached hydrogens (tertiary/aromatic N) is 2. The van der Waals surface area contributed by atoms with Gasteiger partial charge in [-0.25, -0.2) is 4.98 Å². The van der Waals surface area contributed by atoms with Gasteiger partial charge in [-0.2, -0.15) is 0 Å². The van der Waals surface area contributed by atoms with Crippen molar-refractivity contribution in [2.24, 2.45) is 11.7 Å². The molecule has 0 saturated carbocycles. The molecule has 0 aromatic carbocycles. The van der Waals surface area contributed by atoms with Gasteiger partial charge in [-0.1, -0.05) is 6.92 Å². The molecule has 2 N–H and O–H groups in total. The zero-order chi connectivity index (χ0) is 10.6. The molecule has 1 heterocycles. The molecule has 0 bridgehead atoms. The van der Waals surface area contributed by atoms with Crippen LogP contribution in [0.15, 0.2) is 18.3 Å². The fraction of sp³-hybridized carbons (Fsp3) is 0.545. The van der Waals surface area contributed by atoms with Crippen molar-refractivity contribution in [2.45, 2.75) is 13.3 Å². The topological polar surface area (TPSA) is 42.1 Å². The van der Waals surface area contributed by atoms with Crippen LogP contribution >= 0.6 is 0 Å². The molecular formula is C11H19N3. The van der Waals surface area contributed by atoms with Crippen LogP contribution in [-0.4, -0.2) is 25.6 Å². The Morgan fingerprint density at radius 3 is 2.79 bits per heavy atom. The summed E-state index contributed by atoms with van der Waals surface area (Å²) < 4.78 is 0. The number of rotatable bonds is 4. The molecule has 0 saturated heterocycles. The molecule has 1 aromatic heterocycles. The van der Waals surface area contributed by atoms with E-state index in [1.54, 1.807) is 0 Å². The van der Waals surface area contributed by atoms with Crippen LogP contribution in [0.2, 0.25) is 0 Å². The van der Waals surface area contributed by atoms with Crippen LogP contribution in [0.4, 0.5) is 5.82 Å². The van der Waals surface area contributed by atoms with Gasteiger partial charge in [0, 0.05) is 20.3 Å². The highest BCUT2D eigenvalue weighted by molar-refractivity contribution is 5.39. The summed E-state index contributed by atoms with van der Waals surface area (Å²) >= 11 is 0. The predicted octanol–water partition coefficient (Wildman–Crippen LogP) is 1.28. The van der Waals surface area contributed by atoms with Crippen molar-refractivity contribution in [1.82, 2.24) is 4.98 Å². The van der Waals surface area contributed by atoms with Crippen molar-refractivity contribution >= 4 is 5.82 Å². The first-order valence-corrected chi connectivity index (χ1v) is 4.95. The first-order chi connectivity index (χ1) is 6.63. The number of hydrogen-bond acceptors (Lipinski definition) is 3. The molecule has 0 fully saturated rings. The van der Waals surface area contributed by atoms with E-state index in [1.165, 1.54) is 5.56 Å². The minimum Gasteiger partial charge on any atom is -0.363 e. The van der Waals surface area contributed by atoms with E-state index < -0.39 is 0 Å². The molecule has 0 aliphatic carbocycles. The highest BCUT2D eigenvalue weighted by Gasteiger charge is 2.03. The van der Waals surface area contributed by atoms with Crippen LogP contribution < -0.4 is 10.6 Å². The molecule has 14 heavy (non-hydrogen) atoms. The van der Waals surface area contributed by atoms with E-state index in [9.17, 15) is 0 Å². The van der Waals surface area contributed by atoms with E-state index >= 15 is 0 Å². The van der Waals surface area contributed by atoms with Crippen LogP contribution in [0.3, 0.4) is 0 Å². The lowest BCUT2D eigenvalue weighted by atomic mass is 10.0. The molecule has 78 valence electrons. The molecular weight excluding hydrogens is 174 g/mol. The van der Waals surface area contributed by atoms with Gasteiger partial charge in [0.25, 0.3) is 0 Å². The van der Waals surface area contributed by atoms with E-state index in [1.807, 2.05) is 25.2 Å². The Kier molecular flexibility index (Phi) is 3.89. The third-order valence-electron chi connectivity index (χ3n) is 2.25. The summed E-state index contributed by atoms with van der Waals surface area (Å²) in [6.07, 6.45) is 2.88. The summed E-state index contributed by atoms with van der Waals surface area (Å²) in [5, 5.41) is 0. The van der Waals surface area contributed by atoms with Gasteiger partial charge in [0.1, 0.15) is 5.82 Å². The van der Waals surface area contributed by atoms with Gasteiger partial charge in [0.2, 0.25) is 0 Å². The second-order valence-corrected chi connectivity index (χ2v) is 3.96. The Hall–Kier alpha value is -1.09. The lowest BCUT2D eigenvalue weighted by Gasteiger charge is -2.13. The number of pyridine rings is 1. The quantitative estimate of drug-likeness (QED) is 0.783.